The number of hydrogen-bond donors (Lipinski definition) is 1. The number of hydrogen-bond acceptors (Lipinski definition) is 3. The van der Waals surface area contributed by atoms with E-state index in [9.17, 15) is 4.79 Å². The van der Waals surface area contributed by atoms with Crippen molar-refractivity contribution in [2.45, 2.75) is 57.6 Å². The molecule has 1 aromatic heterocycles. The molecule has 23 heavy (non-hydrogen) atoms. The lowest BCUT2D eigenvalue weighted by atomic mass is 10.0. The predicted octanol–water partition coefficient (Wildman–Crippen LogP) is 4.02. The van der Waals surface area contributed by atoms with Gasteiger partial charge >= 0.3 is 6.03 Å². The highest BCUT2D eigenvalue weighted by Gasteiger charge is 2.23. The third-order valence-electron chi connectivity index (χ3n) is 4.97. The van der Waals surface area contributed by atoms with E-state index < -0.39 is 0 Å². The predicted molar refractivity (Wildman–Crippen MR) is 93.7 cm³/mol. The molecule has 0 spiro atoms. The molecule has 0 aromatic carbocycles. The zero-order chi connectivity index (χ0) is 15.9. The minimum Gasteiger partial charge on any atom is -0.376 e. The van der Waals surface area contributed by atoms with Crippen LogP contribution >= 0.6 is 11.3 Å². The maximum absolute atomic E-state index is 12.6. The number of amides is 2. The topological polar surface area (TPSA) is 41.6 Å². The first-order valence-corrected chi connectivity index (χ1v) is 9.86. The second-order valence-corrected chi connectivity index (χ2v) is 7.80. The number of nitrogens with zero attached hydrogens (tertiary/aromatic N) is 1. The highest BCUT2D eigenvalue weighted by molar-refractivity contribution is 7.09. The second kappa shape index (κ2) is 8.69. The summed E-state index contributed by atoms with van der Waals surface area (Å²) in [6, 6.07) is 4.20. The summed E-state index contributed by atoms with van der Waals surface area (Å²) in [5.41, 5.74) is 0. The first-order chi connectivity index (χ1) is 11.3. The summed E-state index contributed by atoms with van der Waals surface area (Å²) >= 11 is 1.71. The molecule has 0 bridgehead atoms. The lowest BCUT2D eigenvalue weighted by Gasteiger charge is -2.25. The fourth-order valence-corrected chi connectivity index (χ4v) is 4.36. The van der Waals surface area contributed by atoms with Crippen LogP contribution in [-0.2, 0) is 11.3 Å². The Morgan fingerprint density at radius 1 is 1.30 bits per heavy atom. The van der Waals surface area contributed by atoms with Crippen molar-refractivity contribution >= 4 is 17.4 Å². The molecular formula is C18H28N2O2S. The van der Waals surface area contributed by atoms with Crippen LogP contribution in [0.3, 0.4) is 0 Å². The molecule has 1 atom stereocenters. The Kier molecular flexibility index (Phi) is 6.34. The number of carbonyl (C=O) groups excluding carboxylic acids is 1. The van der Waals surface area contributed by atoms with Gasteiger partial charge in [-0.15, -0.1) is 11.3 Å². The Bertz CT molecular complexity index is 465. The lowest BCUT2D eigenvalue weighted by Crippen LogP contribution is -2.43. The highest BCUT2D eigenvalue weighted by Crippen LogP contribution is 2.27. The van der Waals surface area contributed by atoms with Gasteiger partial charge in [0.2, 0.25) is 0 Å². The summed E-state index contributed by atoms with van der Waals surface area (Å²) in [5.74, 6) is 0.819. The van der Waals surface area contributed by atoms with Gasteiger partial charge in [-0.25, -0.2) is 4.79 Å². The van der Waals surface area contributed by atoms with Gasteiger partial charge in [0, 0.05) is 24.6 Å². The van der Waals surface area contributed by atoms with Crippen LogP contribution in [0.25, 0.3) is 0 Å². The van der Waals surface area contributed by atoms with E-state index >= 15 is 0 Å². The van der Waals surface area contributed by atoms with Crippen molar-refractivity contribution in [3.8, 4) is 0 Å². The number of urea groups is 1. The molecule has 2 fully saturated rings. The standard InChI is InChI=1S/C18H28N2O2S/c21-18(19-10-9-15-5-1-2-6-15)20(13-16-7-3-11-22-16)14-17-8-4-12-23-17/h4,8,12,15-16H,1-3,5-7,9-11,13-14H2,(H,19,21). The van der Waals surface area contributed by atoms with Gasteiger partial charge in [-0.2, -0.15) is 0 Å². The van der Waals surface area contributed by atoms with E-state index in [1.165, 1.54) is 30.6 Å². The van der Waals surface area contributed by atoms with Crippen molar-refractivity contribution in [3.63, 3.8) is 0 Å². The molecule has 128 valence electrons. The summed E-state index contributed by atoms with van der Waals surface area (Å²) in [5, 5.41) is 5.20. The molecule has 0 radical (unpaired) electrons. The van der Waals surface area contributed by atoms with Crippen LogP contribution in [0.5, 0.6) is 0 Å². The van der Waals surface area contributed by atoms with Crippen LogP contribution in [0.2, 0.25) is 0 Å². The highest BCUT2D eigenvalue weighted by atomic mass is 32.1. The summed E-state index contributed by atoms with van der Waals surface area (Å²) in [7, 11) is 0. The Balaban J connectivity index is 1.49. The van der Waals surface area contributed by atoms with Gasteiger partial charge in [0.05, 0.1) is 12.6 Å². The van der Waals surface area contributed by atoms with E-state index in [1.54, 1.807) is 11.3 Å². The largest absolute Gasteiger partial charge is 0.376 e. The van der Waals surface area contributed by atoms with E-state index in [4.69, 9.17) is 4.74 Å². The maximum atomic E-state index is 12.6. The third kappa shape index (κ3) is 5.21. The van der Waals surface area contributed by atoms with Gasteiger partial charge in [-0.05, 0) is 36.6 Å². The van der Waals surface area contributed by atoms with E-state index in [2.05, 4.69) is 16.8 Å². The quantitative estimate of drug-likeness (QED) is 0.817. The Morgan fingerprint density at radius 2 is 2.17 bits per heavy atom. The minimum atomic E-state index is 0.0619. The van der Waals surface area contributed by atoms with E-state index in [-0.39, 0.29) is 12.1 Å². The van der Waals surface area contributed by atoms with E-state index in [0.717, 1.165) is 38.3 Å². The molecule has 2 aliphatic rings. The number of rotatable bonds is 7. The van der Waals surface area contributed by atoms with Gasteiger partial charge in [-0.1, -0.05) is 31.7 Å². The molecule has 1 aliphatic heterocycles. The summed E-state index contributed by atoms with van der Waals surface area (Å²) in [4.78, 5) is 15.8. The zero-order valence-electron chi connectivity index (χ0n) is 13.8. The molecule has 1 saturated carbocycles. The molecule has 2 heterocycles. The molecular weight excluding hydrogens is 308 g/mol. The van der Waals surface area contributed by atoms with Crippen molar-refractivity contribution in [3.05, 3.63) is 22.4 Å². The molecule has 1 N–H and O–H groups in total. The van der Waals surface area contributed by atoms with Gasteiger partial charge in [0.25, 0.3) is 0 Å². The summed E-state index contributed by atoms with van der Waals surface area (Å²) < 4.78 is 5.72. The number of thiophene rings is 1. The van der Waals surface area contributed by atoms with Crippen LogP contribution < -0.4 is 5.32 Å². The molecule has 1 aliphatic carbocycles. The van der Waals surface area contributed by atoms with Gasteiger partial charge in [0.1, 0.15) is 0 Å². The number of nitrogens with one attached hydrogen (secondary N) is 1. The van der Waals surface area contributed by atoms with E-state index in [0.29, 0.717) is 13.1 Å². The van der Waals surface area contributed by atoms with Crippen LogP contribution in [0.4, 0.5) is 4.79 Å². The molecule has 4 nitrogen and oxygen atoms in total. The van der Waals surface area contributed by atoms with Gasteiger partial charge < -0.3 is 15.0 Å². The number of carbonyl (C=O) groups is 1. The monoisotopic (exact) mass is 336 g/mol. The molecule has 1 unspecified atom stereocenters. The Hall–Kier alpha value is -1.07. The Labute approximate surface area is 143 Å². The average molecular weight is 337 g/mol. The summed E-state index contributed by atoms with van der Waals surface area (Å²) in [6.07, 6.45) is 8.91. The lowest BCUT2D eigenvalue weighted by molar-refractivity contribution is 0.0797. The average Bonchev–Trinajstić information content (AvgIpc) is 3.30. The molecule has 5 heteroatoms. The van der Waals surface area contributed by atoms with Gasteiger partial charge in [0.15, 0.2) is 0 Å². The number of ether oxygens (including phenoxy) is 1. The van der Waals surface area contributed by atoms with Crippen LogP contribution in [0.15, 0.2) is 17.5 Å². The van der Waals surface area contributed by atoms with Crippen LogP contribution in [0.1, 0.15) is 49.8 Å². The summed E-state index contributed by atoms with van der Waals surface area (Å²) in [6.45, 7) is 3.02. The SMILES string of the molecule is O=C(NCCC1CCCC1)N(Cc1cccs1)CC1CCCO1. The van der Waals surface area contributed by atoms with Crippen LogP contribution in [0, 0.1) is 5.92 Å². The maximum Gasteiger partial charge on any atom is 0.317 e. The molecule has 2 amide bonds. The van der Waals surface area contributed by atoms with Crippen molar-refractivity contribution in [1.29, 1.82) is 0 Å². The second-order valence-electron chi connectivity index (χ2n) is 6.77. The molecule has 3 rings (SSSR count). The first kappa shape index (κ1) is 16.8. The fourth-order valence-electron chi connectivity index (χ4n) is 3.64. The van der Waals surface area contributed by atoms with Gasteiger partial charge in [-0.3, -0.25) is 0 Å². The van der Waals surface area contributed by atoms with E-state index in [1.807, 2.05) is 11.0 Å². The fraction of sp³-hybridized carbons (Fsp3) is 0.722. The first-order valence-electron chi connectivity index (χ1n) is 8.98. The minimum absolute atomic E-state index is 0.0619. The normalized spacial score (nSPS) is 21.7. The van der Waals surface area contributed by atoms with Crippen molar-refractivity contribution in [1.82, 2.24) is 10.2 Å². The van der Waals surface area contributed by atoms with Crippen molar-refractivity contribution in [2.75, 3.05) is 19.7 Å². The van der Waals surface area contributed by atoms with Crippen molar-refractivity contribution < 1.29 is 9.53 Å². The Morgan fingerprint density at radius 3 is 2.87 bits per heavy atom. The molecule has 1 saturated heterocycles. The van der Waals surface area contributed by atoms with Crippen LogP contribution in [-0.4, -0.2) is 36.7 Å². The van der Waals surface area contributed by atoms with Crippen molar-refractivity contribution in [2.24, 2.45) is 5.92 Å². The molecule has 1 aromatic rings. The zero-order valence-corrected chi connectivity index (χ0v) is 14.7. The smallest absolute Gasteiger partial charge is 0.317 e. The third-order valence-corrected chi connectivity index (χ3v) is 5.83.